The highest BCUT2D eigenvalue weighted by Crippen LogP contribution is 2.24. The Kier molecular flexibility index (Phi) is 6.31. The van der Waals surface area contributed by atoms with Crippen LogP contribution in [0.15, 0.2) is 0 Å². The van der Waals surface area contributed by atoms with Crippen molar-refractivity contribution in [3.63, 3.8) is 0 Å². The van der Waals surface area contributed by atoms with E-state index in [2.05, 4.69) is 18.7 Å². The molecule has 1 aliphatic rings. The Bertz CT molecular complexity index is 275. The molecule has 3 heteroatoms. The van der Waals surface area contributed by atoms with E-state index in [-0.39, 0.29) is 18.1 Å². The maximum absolute atomic E-state index is 12.4. The van der Waals surface area contributed by atoms with Crippen LogP contribution in [0.1, 0.15) is 66.7 Å². The third-order valence-electron chi connectivity index (χ3n) is 3.66. The minimum absolute atomic E-state index is 0.169. The zero-order valence-corrected chi connectivity index (χ0v) is 13.4. The summed E-state index contributed by atoms with van der Waals surface area (Å²) in [5, 5.41) is 0. The number of carbonyl (C=O) groups excluding carboxylic acids is 1. The van der Waals surface area contributed by atoms with E-state index in [4.69, 9.17) is 4.74 Å². The first-order valence-corrected chi connectivity index (χ1v) is 7.73. The number of hydrogen-bond donors (Lipinski definition) is 0. The summed E-state index contributed by atoms with van der Waals surface area (Å²) in [6.07, 6.45) is 5.93. The lowest BCUT2D eigenvalue weighted by Gasteiger charge is -2.31. The van der Waals surface area contributed by atoms with Crippen molar-refractivity contribution in [2.75, 3.05) is 13.2 Å². The summed E-state index contributed by atoms with van der Waals surface area (Å²) < 4.78 is 5.65. The summed E-state index contributed by atoms with van der Waals surface area (Å²) in [4.78, 5) is 14.5. The molecule has 19 heavy (non-hydrogen) atoms. The third kappa shape index (κ3) is 6.42. The molecule has 0 unspecified atom stereocenters. The summed E-state index contributed by atoms with van der Waals surface area (Å²) in [5.74, 6) is 0.808. The predicted molar refractivity (Wildman–Crippen MR) is 79.1 cm³/mol. The molecule has 0 N–H and O–H groups in total. The zero-order valence-electron chi connectivity index (χ0n) is 13.4. The fraction of sp³-hybridized carbons (Fsp3) is 0.938. The van der Waals surface area contributed by atoms with Gasteiger partial charge in [0.2, 0.25) is 5.91 Å². The van der Waals surface area contributed by atoms with E-state index >= 15 is 0 Å². The van der Waals surface area contributed by atoms with Crippen LogP contribution in [0, 0.1) is 5.92 Å². The van der Waals surface area contributed by atoms with Gasteiger partial charge >= 0.3 is 0 Å². The Morgan fingerprint density at radius 2 is 1.84 bits per heavy atom. The molecule has 1 aliphatic carbocycles. The lowest BCUT2D eigenvalue weighted by Crippen LogP contribution is -2.43. The van der Waals surface area contributed by atoms with Crippen LogP contribution in [0.4, 0.5) is 0 Å². The molecule has 0 aliphatic heterocycles. The van der Waals surface area contributed by atoms with Crippen LogP contribution in [-0.2, 0) is 9.53 Å². The van der Waals surface area contributed by atoms with Gasteiger partial charge in [-0.15, -0.1) is 0 Å². The highest BCUT2D eigenvalue weighted by molar-refractivity contribution is 5.77. The predicted octanol–water partition coefficient (Wildman–Crippen LogP) is 3.62. The molecule has 0 aromatic rings. The number of rotatable bonds is 6. The Morgan fingerprint density at radius 3 is 2.32 bits per heavy atom. The van der Waals surface area contributed by atoms with Crippen molar-refractivity contribution < 1.29 is 9.53 Å². The second kappa shape index (κ2) is 7.28. The fourth-order valence-corrected chi connectivity index (χ4v) is 2.49. The van der Waals surface area contributed by atoms with E-state index in [1.54, 1.807) is 0 Å². The van der Waals surface area contributed by atoms with Crippen molar-refractivity contribution in [2.24, 2.45) is 5.92 Å². The minimum atomic E-state index is -0.241. The average Bonchev–Trinajstić information content (AvgIpc) is 2.79. The van der Waals surface area contributed by atoms with Gasteiger partial charge in [0.05, 0.1) is 5.60 Å². The maximum atomic E-state index is 12.4. The summed E-state index contributed by atoms with van der Waals surface area (Å²) in [6.45, 7) is 11.5. The maximum Gasteiger partial charge on any atom is 0.248 e. The van der Waals surface area contributed by atoms with Crippen molar-refractivity contribution in [2.45, 2.75) is 78.4 Å². The van der Waals surface area contributed by atoms with Crippen LogP contribution >= 0.6 is 0 Å². The molecule has 0 spiro atoms. The van der Waals surface area contributed by atoms with Crippen LogP contribution < -0.4 is 0 Å². The van der Waals surface area contributed by atoms with E-state index in [1.165, 1.54) is 25.7 Å². The number of carbonyl (C=O) groups is 1. The van der Waals surface area contributed by atoms with E-state index in [0.717, 1.165) is 13.0 Å². The van der Waals surface area contributed by atoms with Gasteiger partial charge in [0.1, 0.15) is 6.61 Å². The number of nitrogens with zero attached hydrogens (tertiary/aromatic N) is 1. The largest absolute Gasteiger partial charge is 0.366 e. The summed E-state index contributed by atoms with van der Waals surface area (Å²) in [6, 6.07) is 0.454. The first-order valence-electron chi connectivity index (χ1n) is 7.73. The molecule has 1 rings (SSSR count). The second-order valence-corrected chi connectivity index (χ2v) is 7.11. The molecule has 0 heterocycles. The van der Waals surface area contributed by atoms with E-state index in [1.807, 2.05) is 20.8 Å². The fourth-order valence-electron chi connectivity index (χ4n) is 2.49. The Hall–Kier alpha value is -0.570. The van der Waals surface area contributed by atoms with Crippen LogP contribution in [0.25, 0.3) is 0 Å². The lowest BCUT2D eigenvalue weighted by atomic mass is 10.1. The monoisotopic (exact) mass is 269 g/mol. The first-order chi connectivity index (χ1) is 8.79. The second-order valence-electron chi connectivity index (χ2n) is 7.11. The van der Waals surface area contributed by atoms with Crippen molar-refractivity contribution >= 4 is 5.91 Å². The molecular weight excluding hydrogens is 238 g/mol. The SMILES string of the molecule is CC(C)CCN(C(=O)COC(C)(C)C)C1CCCC1. The molecule has 0 aromatic heterocycles. The molecule has 0 saturated heterocycles. The highest BCUT2D eigenvalue weighted by Gasteiger charge is 2.27. The summed E-state index contributed by atoms with van der Waals surface area (Å²) >= 11 is 0. The topological polar surface area (TPSA) is 29.5 Å². The molecule has 3 nitrogen and oxygen atoms in total. The van der Waals surface area contributed by atoms with Crippen LogP contribution in [0.3, 0.4) is 0 Å². The zero-order chi connectivity index (χ0) is 14.5. The summed E-state index contributed by atoms with van der Waals surface area (Å²) in [7, 11) is 0. The van der Waals surface area contributed by atoms with Gasteiger partial charge < -0.3 is 9.64 Å². The molecular formula is C16H31NO2. The van der Waals surface area contributed by atoms with Crippen molar-refractivity contribution in [1.82, 2.24) is 4.90 Å². The van der Waals surface area contributed by atoms with Crippen molar-refractivity contribution in [1.29, 1.82) is 0 Å². The Balaban J connectivity index is 2.53. The van der Waals surface area contributed by atoms with Crippen LogP contribution in [0.5, 0.6) is 0 Å². The molecule has 1 amide bonds. The molecule has 0 radical (unpaired) electrons. The van der Waals surface area contributed by atoms with Gasteiger partial charge in [-0.3, -0.25) is 4.79 Å². The van der Waals surface area contributed by atoms with Gasteiger partial charge in [0.15, 0.2) is 0 Å². The van der Waals surface area contributed by atoms with Crippen molar-refractivity contribution in [3.8, 4) is 0 Å². The normalized spacial score (nSPS) is 17.2. The Labute approximate surface area is 118 Å². The quantitative estimate of drug-likeness (QED) is 0.737. The van der Waals surface area contributed by atoms with Crippen LogP contribution in [0.2, 0.25) is 0 Å². The minimum Gasteiger partial charge on any atom is -0.366 e. The standard InChI is InChI=1S/C16H31NO2/c1-13(2)10-11-17(14-8-6-7-9-14)15(18)12-19-16(3,4)5/h13-14H,6-12H2,1-5H3. The number of ether oxygens (including phenoxy) is 1. The van der Waals surface area contributed by atoms with E-state index in [9.17, 15) is 4.79 Å². The third-order valence-corrected chi connectivity index (χ3v) is 3.66. The molecule has 0 atom stereocenters. The van der Waals surface area contributed by atoms with Crippen LogP contribution in [-0.4, -0.2) is 35.6 Å². The molecule has 0 aromatic carbocycles. The van der Waals surface area contributed by atoms with Gasteiger partial charge in [-0.25, -0.2) is 0 Å². The summed E-state index contributed by atoms with van der Waals surface area (Å²) in [5.41, 5.74) is -0.241. The van der Waals surface area contributed by atoms with Gasteiger partial charge in [-0.1, -0.05) is 26.7 Å². The van der Waals surface area contributed by atoms with Gasteiger partial charge in [0, 0.05) is 12.6 Å². The van der Waals surface area contributed by atoms with E-state index in [0.29, 0.717) is 12.0 Å². The number of hydrogen-bond acceptors (Lipinski definition) is 2. The van der Waals surface area contributed by atoms with Gasteiger partial charge in [-0.2, -0.15) is 0 Å². The van der Waals surface area contributed by atoms with Gasteiger partial charge in [0.25, 0.3) is 0 Å². The smallest absolute Gasteiger partial charge is 0.248 e. The van der Waals surface area contributed by atoms with E-state index < -0.39 is 0 Å². The molecule has 112 valence electrons. The first kappa shape index (κ1) is 16.5. The molecule has 1 saturated carbocycles. The average molecular weight is 269 g/mol. The lowest BCUT2D eigenvalue weighted by molar-refractivity contribution is -0.143. The van der Waals surface area contributed by atoms with Crippen molar-refractivity contribution in [3.05, 3.63) is 0 Å². The highest BCUT2D eigenvalue weighted by atomic mass is 16.5. The molecule has 1 fully saturated rings. The molecule has 0 bridgehead atoms. The Morgan fingerprint density at radius 1 is 1.26 bits per heavy atom. The van der Waals surface area contributed by atoms with Gasteiger partial charge in [-0.05, 0) is 46.0 Å². The number of amides is 1.